The molecule has 0 aliphatic carbocycles. The molecular formula is C14H14N2O4. The molecule has 6 heteroatoms. The van der Waals surface area contributed by atoms with E-state index in [1.165, 1.54) is 6.07 Å². The summed E-state index contributed by atoms with van der Waals surface area (Å²) in [5.41, 5.74) is 0.885. The fourth-order valence-electron chi connectivity index (χ4n) is 2.77. The van der Waals surface area contributed by atoms with Gasteiger partial charge >= 0.3 is 0 Å². The van der Waals surface area contributed by atoms with E-state index < -0.39 is 4.92 Å². The molecule has 2 unspecified atom stereocenters. The number of hydrogen-bond acceptors (Lipinski definition) is 4. The summed E-state index contributed by atoms with van der Waals surface area (Å²) in [6.45, 7) is 2.47. The number of aromatic amines is 1. The molecule has 2 heterocycles. The van der Waals surface area contributed by atoms with Crippen molar-refractivity contribution in [3.63, 3.8) is 0 Å². The first-order valence-electron chi connectivity index (χ1n) is 6.50. The topological polar surface area (TPSA) is 85.2 Å². The Balaban J connectivity index is 2.07. The van der Waals surface area contributed by atoms with Crippen LogP contribution in [0.25, 0.3) is 10.9 Å². The summed E-state index contributed by atoms with van der Waals surface area (Å²) in [6.07, 6.45) is 2.15. The van der Waals surface area contributed by atoms with Crippen molar-refractivity contribution < 1.29 is 14.5 Å². The largest absolute Gasteiger partial charge is 0.378 e. The van der Waals surface area contributed by atoms with Gasteiger partial charge in [-0.25, -0.2) is 0 Å². The first-order valence-corrected chi connectivity index (χ1v) is 6.50. The average Bonchev–Trinajstić information content (AvgIpc) is 3.03. The molecule has 1 aromatic heterocycles. The monoisotopic (exact) mass is 274 g/mol. The summed E-state index contributed by atoms with van der Waals surface area (Å²) >= 11 is 0. The number of para-hydroxylation sites is 1. The Morgan fingerprint density at radius 3 is 2.95 bits per heavy atom. The van der Waals surface area contributed by atoms with Crippen molar-refractivity contribution in [3.8, 4) is 0 Å². The number of non-ortho nitro benzene ring substituents is 1. The van der Waals surface area contributed by atoms with Gasteiger partial charge in [-0.15, -0.1) is 0 Å². The number of nitro groups is 1. The number of carbonyl (C=O) groups excluding carboxylic acids is 1. The first kappa shape index (κ1) is 12.8. The number of carbonyl (C=O) groups is 1. The van der Waals surface area contributed by atoms with Crippen molar-refractivity contribution in [1.29, 1.82) is 0 Å². The molecule has 1 fully saturated rings. The number of aromatic nitrogens is 1. The van der Waals surface area contributed by atoms with Gasteiger partial charge in [0, 0.05) is 29.8 Å². The number of Topliss-reactive ketones (excluding diaryl/α,β-unsaturated/α-hetero) is 1. The van der Waals surface area contributed by atoms with Crippen molar-refractivity contribution in [2.75, 3.05) is 6.61 Å². The maximum Gasteiger partial charge on any atom is 0.293 e. The standard InChI is InChI=1S/C14H14N2O4/c1-8-9(5-6-20-8)14(17)11-7-15-13-10(11)3-2-4-12(13)16(18)19/h2-4,7-9,15H,5-6H2,1H3. The van der Waals surface area contributed by atoms with Crippen molar-refractivity contribution in [2.24, 2.45) is 5.92 Å². The van der Waals surface area contributed by atoms with Crippen LogP contribution in [0.2, 0.25) is 0 Å². The van der Waals surface area contributed by atoms with E-state index in [4.69, 9.17) is 4.74 Å². The number of benzene rings is 1. The summed E-state index contributed by atoms with van der Waals surface area (Å²) in [7, 11) is 0. The summed E-state index contributed by atoms with van der Waals surface area (Å²) in [6, 6.07) is 4.75. The predicted octanol–water partition coefficient (Wildman–Crippen LogP) is 2.68. The summed E-state index contributed by atoms with van der Waals surface area (Å²) in [4.78, 5) is 25.9. The summed E-state index contributed by atoms with van der Waals surface area (Å²) in [5.74, 6) is -0.185. The predicted molar refractivity (Wildman–Crippen MR) is 72.8 cm³/mol. The van der Waals surface area contributed by atoms with E-state index >= 15 is 0 Å². The number of fused-ring (bicyclic) bond motifs is 1. The molecule has 6 nitrogen and oxygen atoms in total. The summed E-state index contributed by atoms with van der Waals surface area (Å²) in [5, 5.41) is 11.6. The van der Waals surface area contributed by atoms with Gasteiger partial charge in [-0.3, -0.25) is 14.9 Å². The highest BCUT2D eigenvalue weighted by atomic mass is 16.6. The Kier molecular flexibility index (Phi) is 3.02. The molecule has 1 saturated heterocycles. The van der Waals surface area contributed by atoms with Gasteiger partial charge in [0.15, 0.2) is 5.78 Å². The van der Waals surface area contributed by atoms with Crippen LogP contribution in [0.4, 0.5) is 5.69 Å². The van der Waals surface area contributed by atoms with Crippen LogP contribution in [0.5, 0.6) is 0 Å². The van der Waals surface area contributed by atoms with Crippen molar-refractivity contribution >= 4 is 22.4 Å². The number of nitrogens with one attached hydrogen (secondary N) is 1. The zero-order valence-corrected chi connectivity index (χ0v) is 11.0. The molecule has 0 spiro atoms. The Labute approximate surface area is 114 Å². The number of rotatable bonds is 3. The smallest absolute Gasteiger partial charge is 0.293 e. The first-order chi connectivity index (χ1) is 9.59. The Hall–Kier alpha value is -2.21. The molecule has 2 aromatic rings. The molecule has 0 amide bonds. The second-order valence-corrected chi connectivity index (χ2v) is 4.99. The number of H-pyrrole nitrogens is 1. The van der Waals surface area contributed by atoms with Crippen molar-refractivity contribution in [3.05, 3.63) is 40.1 Å². The summed E-state index contributed by atoms with van der Waals surface area (Å²) < 4.78 is 5.42. The zero-order chi connectivity index (χ0) is 14.3. The van der Waals surface area contributed by atoms with Crippen molar-refractivity contribution in [1.82, 2.24) is 4.98 Å². The molecule has 1 aliphatic heterocycles. The maximum atomic E-state index is 12.5. The van der Waals surface area contributed by atoms with Gasteiger partial charge in [-0.1, -0.05) is 12.1 Å². The number of nitro benzene ring substituents is 1. The van der Waals surface area contributed by atoms with Crippen LogP contribution in [0.15, 0.2) is 24.4 Å². The van der Waals surface area contributed by atoms with Gasteiger partial charge in [-0.2, -0.15) is 0 Å². The van der Waals surface area contributed by atoms with E-state index in [2.05, 4.69) is 4.98 Å². The molecule has 0 bridgehead atoms. The lowest BCUT2D eigenvalue weighted by Gasteiger charge is -2.11. The Bertz CT molecular complexity index is 692. The minimum Gasteiger partial charge on any atom is -0.378 e. The molecule has 0 saturated carbocycles. The molecular weight excluding hydrogens is 260 g/mol. The lowest BCUT2D eigenvalue weighted by Crippen LogP contribution is -2.21. The second kappa shape index (κ2) is 4.72. The quantitative estimate of drug-likeness (QED) is 0.529. The fraction of sp³-hybridized carbons (Fsp3) is 0.357. The Morgan fingerprint density at radius 2 is 2.30 bits per heavy atom. The number of hydrogen-bond donors (Lipinski definition) is 1. The molecule has 3 rings (SSSR count). The average molecular weight is 274 g/mol. The van der Waals surface area contributed by atoms with Gasteiger partial charge in [0.2, 0.25) is 0 Å². The SMILES string of the molecule is CC1OCCC1C(=O)c1c[nH]c2c([N+](=O)[O-])cccc12. The van der Waals surface area contributed by atoms with Gasteiger partial charge < -0.3 is 9.72 Å². The van der Waals surface area contributed by atoms with E-state index in [1.807, 2.05) is 6.92 Å². The van der Waals surface area contributed by atoms with Gasteiger partial charge in [0.05, 0.1) is 16.9 Å². The Morgan fingerprint density at radius 1 is 1.50 bits per heavy atom. The van der Waals surface area contributed by atoms with Crippen LogP contribution < -0.4 is 0 Å². The highest BCUT2D eigenvalue weighted by Crippen LogP contribution is 2.31. The second-order valence-electron chi connectivity index (χ2n) is 4.99. The minimum absolute atomic E-state index is 0.0123. The number of ether oxygens (including phenoxy) is 1. The van der Waals surface area contributed by atoms with Crippen molar-refractivity contribution in [2.45, 2.75) is 19.4 Å². The third-order valence-corrected chi connectivity index (χ3v) is 3.87. The molecule has 1 aromatic carbocycles. The van der Waals surface area contributed by atoms with Gasteiger partial charge in [0.1, 0.15) is 5.52 Å². The highest BCUT2D eigenvalue weighted by Gasteiger charge is 2.33. The van der Waals surface area contributed by atoms with Gasteiger partial charge in [0.25, 0.3) is 5.69 Å². The molecule has 20 heavy (non-hydrogen) atoms. The lowest BCUT2D eigenvalue weighted by molar-refractivity contribution is -0.383. The highest BCUT2D eigenvalue weighted by molar-refractivity contribution is 6.10. The molecule has 1 N–H and O–H groups in total. The lowest BCUT2D eigenvalue weighted by atomic mass is 9.92. The van der Waals surface area contributed by atoms with Crippen LogP contribution in [-0.2, 0) is 4.74 Å². The molecule has 104 valence electrons. The van der Waals surface area contributed by atoms with Crippen LogP contribution in [-0.4, -0.2) is 28.4 Å². The van der Waals surface area contributed by atoms with Crippen LogP contribution in [0.3, 0.4) is 0 Å². The molecule has 1 aliphatic rings. The molecule has 2 atom stereocenters. The van der Waals surface area contributed by atoms with E-state index in [0.717, 1.165) is 0 Å². The molecule has 0 radical (unpaired) electrons. The third kappa shape index (κ3) is 1.89. The number of nitrogens with zero attached hydrogens (tertiary/aromatic N) is 1. The van der Waals surface area contributed by atoms with E-state index in [0.29, 0.717) is 29.5 Å². The van der Waals surface area contributed by atoms with E-state index in [1.54, 1.807) is 18.3 Å². The van der Waals surface area contributed by atoms with Crippen LogP contribution in [0.1, 0.15) is 23.7 Å². The maximum absolute atomic E-state index is 12.5. The van der Waals surface area contributed by atoms with Gasteiger partial charge in [-0.05, 0) is 13.3 Å². The minimum atomic E-state index is -0.450. The normalized spacial score (nSPS) is 22.2. The van der Waals surface area contributed by atoms with Crippen LogP contribution >= 0.6 is 0 Å². The fourth-order valence-corrected chi connectivity index (χ4v) is 2.77. The van der Waals surface area contributed by atoms with Crippen LogP contribution in [0, 0.1) is 16.0 Å². The number of ketones is 1. The van der Waals surface area contributed by atoms with E-state index in [-0.39, 0.29) is 23.5 Å². The third-order valence-electron chi connectivity index (χ3n) is 3.87. The van der Waals surface area contributed by atoms with E-state index in [9.17, 15) is 14.9 Å². The zero-order valence-electron chi connectivity index (χ0n) is 11.0.